The molecule has 3 heteroatoms. The Labute approximate surface area is 59.8 Å². The Kier molecular flexibility index (Phi) is 1.50. The van der Waals surface area contributed by atoms with E-state index in [1.807, 2.05) is 0 Å². The van der Waals surface area contributed by atoms with Crippen molar-refractivity contribution in [2.24, 2.45) is 5.41 Å². The van der Waals surface area contributed by atoms with Gasteiger partial charge in [-0.05, 0) is 11.8 Å². The minimum absolute atomic E-state index is 0.207. The van der Waals surface area contributed by atoms with E-state index in [9.17, 15) is 9.59 Å². The first-order valence-electron chi connectivity index (χ1n) is 3.32. The second-order valence-electron chi connectivity index (χ2n) is 3.37. The lowest BCUT2D eigenvalue weighted by Gasteiger charge is -2.01. The molecule has 1 N–H and O–H groups in total. The third-order valence-corrected chi connectivity index (χ3v) is 1.94. The molecular weight excluding hydrogens is 130 g/mol. The van der Waals surface area contributed by atoms with Crippen LogP contribution in [0.5, 0.6) is 0 Å². The number of nitrogens with one attached hydrogen (secondary N) is 1. The van der Waals surface area contributed by atoms with Crippen molar-refractivity contribution >= 4 is 12.2 Å². The molecule has 0 saturated heterocycles. The van der Waals surface area contributed by atoms with E-state index in [0.29, 0.717) is 6.29 Å². The molecule has 10 heavy (non-hydrogen) atoms. The smallest absolute Gasteiger partial charge is 0.284 e. The quantitative estimate of drug-likeness (QED) is 0.438. The van der Waals surface area contributed by atoms with Crippen LogP contribution in [-0.4, -0.2) is 18.2 Å². The summed E-state index contributed by atoms with van der Waals surface area (Å²) >= 11 is 0. The Balaban J connectivity index is 2.30. The molecule has 0 aromatic carbocycles. The van der Waals surface area contributed by atoms with Crippen LogP contribution in [0.3, 0.4) is 0 Å². The maximum atomic E-state index is 10.5. The van der Waals surface area contributed by atoms with Crippen LogP contribution in [0.2, 0.25) is 0 Å². The zero-order valence-corrected chi connectivity index (χ0v) is 6.18. The predicted molar refractivity (Wildman–Crippen MR) is 36.4 cm³/mol. The minimum Gasteiger partial charge on any atom is -0.346 e. The highest BCUT2D eigenvalue weighted by molar-refractivity contribution is 6.23. The Morgan fingerprint density at radius 2 is 2.20 bits per heavy atom. The van der Waals surface area contributed by atoms with Gasteiger partial charge in [0.25, 0.3) is 5.91 Å². The molecule has 0 aromatic rings. The van der Waals surface area contributed by atoms with Crippen LogP contribution in [0.25, 0.3) is 0 Å². The third kappa shape index (κ3) is 1.35. The van der Waals surface area contributed by atoms with Gasteiger partial charge in [-0.2, -0.15) is 0 Å². The summed E-state index contributed by atoms with van der Waals surface area (Å²) < 4.78 is 0. The van der Waals surface area contributed by atoms with E-state index in [4.69, 9.17) is 0 Å². The van der Waals surface area contributed by atoms with Crippen LogP contribution in [0.1, 0.15) is 20.3 Å². The largest absolute Gasteiger partial charge is 0.346 e. The number of hydrogen-bond acceptors (Lipinski definition) is 2. The second kappa shape index (κ2) is 2.08. The molecule has 0 aromatic heterocycles. The highest BCUT2D eigenvalue weighted by Gasteiger charge is 2.46. The van der Waals surface area contributed by atoms with Crippen molar-refractivity contribution in [3.8, 4) is 0 Å². The van der Waals surface area contributed by atoms with E-state index >= 15 is 0 Å². The molecule has 1 unspecified atom stereocenters. The van der Waals surface area contributed by atoms with E-state index < -0.39 is 5.91 Å². The lowest BCUT2D eigenvalue weighted by atomic mass is 10.2. The van der Waals surface area contributed by atoms with Crippen molar-refractivity contribution < 1.29 is 9.59 Å². The number of carbonyl (C=O) groups is 2. The zero-order chi connectivity index (χ0) is 7.78. The normalized spacial score (nSPS) is 27.2. The van der Waals surface area contributed by atoms with Gasteiger partial charge in [-0.25, -0.2) is 0 Å². The van der Waals surface area contributed by atoms with Gasteiger partial charge in [-0.15, -0.1) is 0 Å². The molecular formula is C7H11NO2. The first-order valence-corrected chi connectivity index (χ1v) is 3.32. The summed E-state index contributed by atoms with van der Waals surface area (Å²) in [6.45, 7) is 4.12. The van der Waals surface area contributed by atoms with E-state index in [-0.39, 0.29) is 11.5 Å². The molecule has 56 valence electrons. The molecule has 1 rings (SSSR count). The highest BCUT2D eigenvalue weighted by atomic mass is 16.2. The summed E-state index contributed by atoms with van der Waals surface area (Å²) in [5, 5.41) is 2.59. The standard InChI is InChI=1S/C7H11NO2/c1-7(2)3-5(7)8-6(10)4-9/h4-5H,3H2,1-2H3,(H,8,10). The molecule has 3 nitrogen and oxygen atoms in total. The fraction of sp³-hybridized carbons (Fsp3) is 0.714. The first-order chi connectivity index (χ1) is 4.56. The molecule has 1 atom stereocenters. The van der Waals surface area contributed by atoms with Crippen molar-refractivity contribution in [2.45, 2.75) is 26.3 Å². The van der Waals surface area contributed by atoms with Crippen LogP contribution >= 0.6 is 0 Å². The lowest BCUT2D eigenvalue weighted by Crippen LogP contribution is -2.28. The van der Waals surface area contributed by atoms with Crippen LogP contribution < -0.4 is 5.32 Å². The monoisotopic (exact) mass is 141 g/mol. The summed E-state index contributed by atoms with van der Waals surface area (Å²) in [6, 6.07) is 0.213. The van der Waals surface area contributed by atoms with Crippen molar-refractivity contribution in [2.75, 3.05) is 0 Å². The molecule has 0 spiro atoms. The topological polar surface area (TPSA) is 46.2 Å². The fourth-order valence-corrected chi connectivity index (χ4v) is 0.919. The third-order valence-electron chi connectivity index (χ3n) is 1.94. The summed E-state index contributed by atoms with van der Waals surface area (Å²) in [4.78, 5) is 20.3. The average molecular weight is 141 g/mol. The molecule has 0 bridgehead atoms. The zero-order valence-electron chi connectivity index (χ0n) is 6.18. The second-order valence-corrected chi connectivity index (χ2v) is 3.37. The predicted octanol–water partition coefficient (Wildman–Crippen LogP) is 0.1000. The molecule has 1 fully saturated rings. The van der Waals surface area contributed by atoms with Crippen LogP contribution in [0.4, 0.5) is 0 Å². The summed E-state index contributed by atoms with van der Waals surface area (Å²) in [5.41, 5.74) is 0.207. The van der Waals surface area contributed by atoms with Gasteiger partial charge >= 0.3 is 0 Å². The fourth-order valence-electron chi connectivity index (χ4n) is 0.919. The van der Waals surface area contributed by atoms with Gasteiger partial charge in [0.05, 0.1) is 0 Å². The van der Waals surface area contributed by atoms with Gasteiger partial charge in [0.15, 0.2) is 0 Å². The number of amides is 1. The SMILES string of the molecule is CC1(C)CC1NC(=O)C=O. The maximum absolute atomic E-state index is 10.5. The van der Waals surface area contributed by atoms with Crippen LogP contribution in [0.15, 0.2) is 0 Å². The molecule has 0 radical (unpaired) electrons. The molecule has 1 aliphatic carbocycles. The molecule has 1 saturated carbocycles. The van der Waals surface area contributed by atoms with Crippen LogP contribution in [-0.2, 0) is 9.59 Å². The van der Waals surface area contributed by atoms with Crippen molar-refractivity contribution in [1.82, 2.24) is 5.32 Å². The van der Waals surface area contributed by atoms with Crippen molar-refractivity contribution in [3.63, 3.8) is 0 Å². The van der Waals surface area contributed by atoms with E-state index in [2.05, 4.69) is 19.2 Å². The molecule has 1 aliphatic rings. The van der Waals surface area contributed by atoms with Crippen molar-refractivity contribution in [1.29, 1.82) is 0 Å². The van der Waals surface area contributed by atoms with Gasteiger partial charge in [-0.1, -0.05) is 13.8 Å². The average Bonchev–Trinajstić information content (AvgIpc) is 2.40. The van der Waals surface area contributed by atoms with E-state index in [1.54, 1.807) is 0 Å². The van der Waals surface area contributed by atoms with Gasteiger partial charge in [-0.3, -0.25) is 9.59 Å². The van der Waals surface area contributed by atoms with Gasteiger partial charge < -0.3 is 5.32 Å². The Morgan fingerprint density at radius 3 is 2.50 bits per heavy atom. The van der Waals surface area contributed by atoms with E-state index in [1.165, 1.54) is 0 Å². The maximum Gasteiger partial charge on any atom is 0.284 e. The summed E-state index contributed by atoms with van der Waals surface area (Å²) in [6.07, 6.45) is 1.29. The van der Waals surface area contributed by atoms with Crippen LogP contribution in [0, 0.1) is 5.41 Å². The van der Waals surface area contributed by atoms with Gasteiger partial charge in [0.1, 0.15) is 0 Å². The molecule has 0 aliphatic heterocycles. The lowest BCUT2D eigenvalue weighted by molar-refractivity contribution is -0.131. The molecule has 1 amide bonds. The summed E-state index contributed by atoms with van der Waals surface area (Å²) in [7, 11) is 0. The number of rotatable bonds is 2. The number of aldehydes is 1. The highest BCUT2D eigenvalue weighted by Crippen LogP contribution is 2.44. The number of carbonyl (C=O) groups excluding carboxylic acids is 2. The van der Waals surface area contributed by atoms with Crippen molar-refractivity contribution in [3.05, 3.63) is 0 Å². The van der Waals surface area contributed by atoms with Gasteiger partial charge in [0, 0.05) is 6.04 Å². The Hall–Kier alpha value is -0.860. The first kappa shape index (κ1) is 7.25. The summed E-state index contributed by atoms with van der Waals surface area (Å²) in [5.74, 6) is -0.504. The Morgan fingerprint density at radius 1 is 1.70 bits per heavy atom. The Bertz CT molecular complexity index is 174. The minimum atomic E-state index is -0.504. The number of hydrogen-bond donors (Lipinski definition) is 1. The van der Waals surface area contributed by atoms with Gasteiger partial charge in [0.2, 0.25) is 6.29 Å². The molecule has 0 heterocycles. The van der Waals surface area contributed by atoms with E-state index in [0.717, 1.165) is 6.42 Å².